The largest absolute Gasteiger partial charge is 3.00 e. The fourth-order valence-electron chi connectivity index (χ4n) is 17.2. The van der Waals surface area contributed by atoms with Crippen LogP contribution in [0.15, 0.2) is 302 Å². The first-order valence-corrected chi connectivity index (χ1v) is 38.1. The quantitative estimate of drug-likeness (QED) is 0.102. The average Bonchev–Trinajstić information content (AvgIpc) is 1.59. The van der Waals surface area contributed by atoms with Crippen LogP contribution in [0.1, 0.15) is 94.2 Å². The maximum absolute atomic E-state index is 6.60. The van der Waals surface area contributed by atoms with Crippen molar-refractivity contribution in [3.8, 4) is 73.7 Å². The van der Waals surface area contributed by atoms with Crippen molar-refractivity contribution in [1.82, 2.24) is 37.8 Å². The monoisotopic (exact) mass is 1620 g/mol. The molecule has 0 aliphatic carbocycles. The Morgan fingerprint density at radius 2 is 0.712 bits per heavy atom. The smallest absolute Gasteiger partial charge is 0.456 e. The minimum absolute atomic E-state index is 0. The number of benzene rings is 13. The SMILES string of the molecule is CCC(CC(C)c1ccc2oc3ccc(-c4cc(-n5c6ccccc6c6ccccc65)cc(-n5c6ccccc6c6ccccc65)c4)cc3c2c1)c1cc(C)c(-n2ccnc2-c2[c-]cccc2)c(C)c1.Cc1cc(C)c(-n2ccnc2-c2[c-]cccc2)c(C)c1.Cc1cc(C)c(-n2ccnc2-c2[c-]cccc2)c(C)c1.[Ir+3]. The molecule has 0 amide bonds. The average molecular weight is 1620 g/mol. The van der Waals surface area contributed by atoms with Crippen molar-refractivity contribution in [3.63, 3.8) is 0 Å². The van der Waals surface area contributed by atoms with Crippen LogP contribution in [0.4, 0.5) is 0 Å². The molecule has 0 N–H and O–H groups in total. The van der Waals surface area contributed by atoms with Gasteiger partial charge in [0.1, 0.15) is 11.2 Å². The van der Waals surface area contributed by atoms with E-state index in [9.17, 15) is 0 Å². The Bertz CT molecular complexity index is 6180. The maximum Gasteiger partial charge on any atom is 3.00 e. The van der Waals surface area contributed by atoms with Crippen LogP contribution in [0.2, 0.25) is 0 Å². The third kappa shape index (κ3) is 13.9. The van der Waals surface area contributed by atoms with E-state index in [0.29, 0.717) is 11.8 Å². The molecule has 0 radical (unpaired) electrons. The number of para-hydroxylation sites is 4. The Morgan fingerprint density at radius 3 is 1.09 bits per heavy atom. The van der Waals surface area contributed by atoms with E-state index in [1.807, 2.05) is 97.7 Å². The van der Waals surface area contributed by atoms with E-state index in [2.05, 4.69) is 321 Å². The number of furan rings is 1. The van der Waals surface area contributed by atoms with E-state index in [1.165, 1.54) is 116 Å². The summed E-state index contributed by atoms with van der Waals surface area (Å²) in [4.78, 5) is 13.7. The third-order valence-electron chi connectivity index (χ3n) is 21.9. The van der Waals surface area contributed by atoms with Gasteiger partial charge in [-0.15, -0.1) is 108 Å². The van der Waals surface area contributed by atoms with Crippen LogP contribution in [0.5, 0.6) is 0 Å². The third-order valence-corrected chi connectivity index (χ3v) is 21.9. The summed E-state index contributed by atoms with van der Waals surface area (Å²) in [5.41, 5.74) is 30.5. The predicted octanol–water partition coefficient (Wildman–Crippen LogP) is 25.9. The molecule has 0 fully saturated rings. The fraction of sp³-hybridized carbons (Fsp3) is 0.139. The summed E-state index contributed by atoms with van der Waals surface area (Å²) in [5.74, 6) is 3.50. The fourth-order valence-corrected chi connectivity index (χ4v) is 17.2. The van der Waals surface area contributed by atoms with Crippen LogP contribution in [0, 0.1) is 73.6 Å². The molecule has 9 nitrogen and oxygen atoms in total. The molecule has 0 aliphatic heterocycles. The summed E-state index contributed by atoms with van der Waals surface area (Å²) < 4.78 is 18.0. The molecule has 0 spiro atoms. The summed E-state index contributed by atoms with van der Waals surface area (Å²) in [5, 5.41) is 7.26. The molecule has 0 bridgehead atoms. The predicted molar refractivity (Wildman–Crippen MR) is 455 cm³/mol. The zero-order chi connectivity index (χ0) is 75.3. The van der Waals surface area contributed by atoms with E-state index in [1.54, 1.807) is 0 Å². The molecule has 0 aliphatic rings. The number of rotatable bonds is 14. The molecule has 0 saturated carbocycles. The zero-order valence-electron chi connectivity index (χ0n) is 64.2. The van der Waals surface area contributed by atoms with Gasteiger partial charge in [0, 0.05) is 97.9 Å². The van der Waals surface area contributed by atoms with Gasteiger partial charge in [-0.25, -0.2) is 0 Å². The number of hydrogen-bond acceptors (Lipinski definition) is 4. The van der Waals surface area contributed by atoms with Crippen LogP contribution >= 0.6 is 0 Å². The number of hydrogen-bond donors (Lipinski definition) is 0. The Labute approximate surface area is 662 Å². The summed E-state index contributed by atoms with van der Waals surface area (Å²) in [7, 11) is 0. The van der Waals surface area contributed by atoms with Crippen LogP contribution < -0.4 is 0 Å². The standard InChI is InChI=1S/C65H51N4O.2C18H17N2.Ir/c1-5-44(48-34-42(3)64(43(4)35-48)67-32-31-66-65(67)45-17-7-6-8-18-45)33-41(2)46-27-29-62-56(38-46)57-39-47(28-30-63(57)70-62)49-36-50(68-58-23-13-9-19-52(58)53-20-10-14-24-59(53)68)40-51(37-49)69-60-25-15-11-21-54(60)55-22-12-16-26-61(55)69;2*1-13-11-14(2)17(15(3)12-13)20-10-9-19-18(20)16-7-5-4-6-8-16;/h6-17,19-32,34-41,44H,5,33H2,1-4H3;2*4-7,9-12H,1-3H3;/q3*-1;+3. The van der Waals surface area contributed by atoms with Crippen molar-refractivity contribution in [1.29, 1.82) is 0 Å². The van der Waals surface area contributed by atoms with Crippen molar-refractivity contribution in [2.24, 2.45) is 0 Å². The van der Waals surface area contributed by atoms with Gasteiger partial charge in [0.2, 0.25) is 0 Å². The normalized spacial score (nSPS) is 12.0. The van der Waals surface area contributed by atoms with Crippen molar-refractivity contribution < 1.29 is 24.5 Å². The summed E-state index contributed by atoms with van der Waals surface area (Å²) in [6, 6.07) is 103. The summed E-state index contributed by atoms with van der Waals surface area (Å²) in [6.45, 7) is 22.0. The van der Waals surface area contributed by atoms with Crippen molar-refractivity contribution >= 4 is 65.6 Å². The minimum atomic E-state index is 0. The molecule has 6 aromatic heterocycles. The minimum Gasteiger partial charge on any atom is -0.456 e. The Hall–Kier alpha value is -12.5. The molecule has 13 aromatic carbocycles. The molecule has 10 heteroatoms. The van der Waals surface area contributed by atoms with Crippen LogP contribution in [0.3, 0.4) is 0 Å². The Balaban J connectivity index is 0.000000184. The molecule has 6 heterocycles. The second-order valence-electron chi connectivity index (χ2n) is 29.5. The first kappa shape index (κ1) is 72.7. The maximum atomic E-state index is 6.60. The van der Waals surface area contributed by atoms with Gasteiger partial charge in [0.25, 0.3) is 0 Å². The van der Waals surface area contributed by atoms with Gasteiger partial charge < -0.3 is 27.3 Å². The molecule has 2 unspecified atom stereocenters. The molecular weight excluding hydrogens is 1530 g/mol. The van der Waals surface area contributed by atoms with E-state index < -0.39 is 0 Å². The number of aromatic nitrogens is 8. The number of imidazole rings is 3. The summed E-state index contributed by atoms with van der Waals surface area (Å²) in [6.07, 6.45) is 13.8. The van der Waals surface area contributed by atoms with E-state index in [-0.39, 0.29) is 20.1 Å². The van der Waals surface area contributed by atoms with Gasteiger partial charge in [-0.2, -0.15) is 0 Å². The Morgan fingerprint density at radius 1 is 0.351 bits per heavy atom. The van der Waals surface area contributed by atoms with Crippen molar-refractivity contribution in [2.75, 3.05) is 0 Å². The molecular formula is C101H85IrN8O. The second-order valence-corrected chi connectivity index (χ2v) is 29.5. The van der Waals surface area contributed by atoms with Gasteiger partial charge in [-0.3, -0.25) is 15.0 Å². The Kier molecular flexibility index (Phi) is 20.2. The van der Waals surface area contributed by atoms with E-state index in [4.69, 9.17) is 9.40 Å². The van der Waals surface area contributed by atoms with Gasteiger partial charge in [0.05, 0.1) is 39.5 Å². The first-order valence-electron chi connectivity index (χ1n) is 38.1. The number of nitrogens with zero attached hydrogens (tertiary/aromatic N) is 8. The molecule has 544 valence electrons. The van der Waals surface area contributed by atoms with Crippen molar-refractivity contribution in [2.45, 2.75) is 93.9 Å². The van der Waals surface area contributed by atoms with Crippen LogP contribution in [0.25, 0.3) is 139 Å². The molecule has 19 rings (SSSR count). The molecule has 2 atom stereocenters. The molecule has 0 saturated heterocycles. The molecule has 111 heavy (non-hydrogen) atoms. The number of fused-ring (bicyclic) bond motifs is 9. The van der Waals surface area contributed by atoms with Gasteiger partial charge in [0.15, 0.2) is 0 Å². The molecule has 19 aromatic rings. The van der Waals surface area contributed by atoms with E-state index in [0.717, 1.165) is 91.4 Å². The number of aryl methyl sites for hydroxylation is 8. The van der Waals surface area contributed by atoms with Crippen LogP contribution in [-0.2, 0) is 20.1 Å². The first-order chi connectivity index (χ1) is 53.7. The van der Waals surface area contributed by atoms with E-state index >= 15 is 0 Å². The van der Waals surface area contributed by atoms with Gasteiger partial charge >= 0.3 is 20.1 Å². The topological polar surface area (TPSA) is 76.5 Å². The van der Waals surface area contributed by atoms with Gasteiger partial charge in [-0.1, -0.05) is 146 Å². The summed E-state index contributed by atoms with van der Waals surface area (Å²) >= 11 is 0. The van der Waals surface area contributed by atoms with Crippen molar-refractivity contribution in [3.05, 3.63) is 372 Å². The second kappa shape index (κ2) is 30.9. The van der Waals surface area contributed by atoms with Crippen LogP contribution in [-0.4, -0.2) is 37.8 Å². The zero-order valence-corrected chi connectivity index (χ0v) is 66.6. The van der Waals surface area contributed by atoms with Gasteiger partial charge in [-0.05, 0) is 202 Å².